The van der Waals surface area contributed by atoms with E-state index in [1.807, 2.05) is 0 Å². The van der Waals surface area contributed by atoms with Crippen LogP contribution >= 0.6 is 0 Å². The minimum absolute atomic E-state index is 0.271. The number of carbonyl (C=O) groups is 1. The molecule has 0 fully saturated rings. The van der Waals surface area contributed by atoms with Crippen molar-refractivity contribution in [2.45, 2.75) is 232 Å². The molecule has 0 unspecified atom stereocenters. The van der Waals surface area contributed by atoms with Gasteiger partial charge < -0.3 is 9.80 Å². The molecule has 0 radical (unpaired) electrons. The maximum absolute atomic E-state index is 13.6. The van der Waals surface area contributed by atoms with Crippen molar-refractivity contribution in [2.24, 2.45) is 0 Å². The fourth-order valence-corrected chi connectivity index (χ4v) is 7.66. The number of rotatable bonds is 34. The standard InChI is InChI=1S/C45H82N2O/c1-3-5-7-9-11-13-15-17-19-21-23-25-27-29-31-35-39-46-41-43-37-33-34-38-44(43)42-47(45(46)48)40-36-32-30-28-26-24-22-20-18-16-14-12-10-8-6-4-2/h33-34,37-38H,3-32,35-36,39-42H2,1-2H3. The summed E-state index contributed by atoms with van der Waals surface area (Å²) in [7, 11) is 0. The number of benzene rings is 1. The summed E-state index contributed by atoms with van der Waals surface area (Å²) in [4.78, 5) is 18.0. The molecule has 0 saturated heterocycles. The van der Waals surface area contributed by atoms with Crippen LogP contribution in [0.15, 0.2) is 24.3 Å². The van der Waals surface area contributed by atoms with Gasteiger partial charge in [0.25, 0.3) is 0 Å². The van der Waals surface area contributed by atoms with E-state index in [1.165, 1.54) is 204 Å². The molecule has 2 rings (SSSR count). The number of amides is 2. The minimum Gasteiger partial charge on any atom is -0.320 e. The maximum Gasteiger partial charge on any atom is 0.320 e. The van der Waals surface area contributed by atoms with Gasteiger partial charge in [-0.1, -0.05) is 231 Å². The third-order valence-electron chi connectivity index (χ3n) is 10.9. The van der Waals surface area contributed by atoms with Gasteiger partial charge in [-0.2, -0.15) is 0 Å². The average molecular weight is 667 g/mol. The van der Waals surface area contributed by atoms with Crippen molar-refractivity contribution in [1.82, 2.24) is 9.80 Å². The largest absolute Gasteiger partial charge is 0.320 e. The molecule has 1 heterocycles. The fraction of sp³-hybridized carbons (Fsp3) is 0.844. The Morgan fingerprint density at radius 2 is 0.604 bits per heavy atom. The number of nitrogens with zero attached hydrogens (tertiary/aromatic N) is 2. The highest BCUT2D eigenvalue weighted by Crippen LogP contribution is 2.23. The SMILES string of the molecule is CCCCCCCCCCCCCCCCCCN1Cc2ccccc2CN(CCCCCCCCCCCCCCCCCC)C1=O. The summed E-state index contributed by atoms with van der Waals surface area (Å²) in [5, 5.41) is 0. The lowest BCUT2D eigenvalue weighted by Crippen LogP contribution is -2.41. The molecule has 1 aromatic rings. The van der Waals surface area contributed by atoms with Crippen molar-refractivity contribution in [1.29, 1.82) is 0 Å². The van der Waals surface area contributed by atoms with Gasteiger partial charge in [-0.3, -0.25) is 0 Å². The number of fused-ring (bicyclic) bond motifs is 1. The van der Waals surface area contributed by atoms with E-state index in [2.05, 4.69) is 47.9 Å². The highest BCUT2D eigenvalue weighted by Gasteiger charge is 2.25. The van der Waals surface area contributed by atoms with Gasteiger partial charge in [0, 0.05) is 26.2 Å². The molecular formula is C45H82N2O. The van der Waals surface area contributed by atoms with Crippen LogP contribution in [0, 0.1) is 0 Å². The van der Waals surface area contributed by atoms with E-state index in [0.29, 0.717) is 0 Å². The molecule has 3 nitrogen and oxygen atoms in total. The van der Waals surface area contributed by atoms with Crippen molar-refractivity contribution in [3.8, 4) is 0 Å². The molecule has 0 spiro atoms. The van der Waals surface area contributed by atoms with Crippen LogP contribution in [0.5, 0.6) is 0 Å². The molecule has 0 saturated carbocycles. The Hall–Kier alpha value is -1.51. The molecule has 1 aliphatic rings. The third kappa shape index (κ3) is 22.3. The second-order valence-electron chi connectivity index (χ2n) is 15.5. The van der Waals surface area contributed by atoms with E-state index in [0.717, 1.165) is 39.0 Å². The topological polar surface area (TPSA) is 23.6 Å². The summed E-state index contributed by atoms with van der Waals surface area (Å²) >= 11 is 0. The Bertz CT molecular complexity index is 786. The van der Waals surface area contributed by atoms with Crippen LogP contribution in [0.4, 0.5) is 4.79 Å². The lowest BCUT2D eigenvalue weighted by atomic mass is 10.0. The number of hydrogen-bond acceptors (Lipinski definition) is 1. The Labute approximate surface area is 300 Å². The Morgan fingerprint density at radius 1 is 0.375 bits per heavy atom. The van der Waals surface area contributed by atoms with Crippen LogP contribution < -0.4 is 0 Å². The molecule has 0 aromatic heterocycles. The molecular weight excluding hydrogens is 585 g/mol. The smallest absolute Gasteiger partial charge is 0.320 e. The van der Waals surface area contributed by atoms with E-state index in [4.69, 9.17) is 0 Å². The summed E-state index contributed by atoms with van der Waals surface area (Å²) in [6.07, 6.45) is 44.4. The summed E-state index contributed by atoms with van der Waals surface area (Å²) < 4.78 is 0. The average Bonchev–Trinajstić information content (AvgIpc) is 3.23. The number of urea groups is 1. The zero-order chi connectivity index (χ0) is 34.2. The summed E-state index contributed by atoms with van der Waals surface area (Å²) in [6.45, 7) is 7.97. The van der Waals surface area contributed by atoms with E-state index in [-0.39, 0.29) is 6.03 Å². The van der Waals surface area contributed by atoms with Crippen LogP contribution in [0.2, 0.25) is 0 Å². The van der Waals surface area contributed by atoms with Gasteiger partial charge >= 0.3 is 6.03 Å². The van der Waals surface area contributed by atoms with E-state index in [1.54, 1.807) is 0 Å². The molecule has 0 N–H and O–H groups in total. The van der Waals surface area contributed by atoms with Crippen molar-refractivity contribution in [3.63, 3.8) is 0 Å². The predicted molar refractivity (Wildman–Crippen MR) is 212 cm³/mol. The Balaban J connectivity index is 1.50. The van der Waals surface area contributed by atoms with Crippen molar-refractivity contribution in [3.05, 3.63) is 35.4 Å². The first-order chi connectivity index (χ1) is 23.8. The monoisotopic (exact) mass is 667 g/mol. The quantitative estimate of drug-likeness (QED) is 0.0672. The normalized spacial score (nSPS) is 13.3. The molecule has 2 amide bonds. The lowest BCUT2D eigenvalue weighted by molar-refractivity contribution is 0.150. The molecule has 0 aliphatic carbocycles. The summed E-state index contributed by atoms with van der Waals surface area (Å²) in [5.74, 6) is 0. The highest BCUT2D eigenvalue weighted by molar-refractivity contribution is 5.75. The van der Waals surface area contributed by atoms with Crippen molar-refractivity contribution in [2.75, 3.05) is 13.1 Å². The molecule has 3 heteroatoms. The van der Waals surface area contributed by atoms with Crippen LogP contribution in [0.3, 0.4) is 0 Å². The van der Waals surface area contributed by atoms with E-state index < -0.39 is 0 Å². The zero-order valence-corrected chi connectivity index (χ0v) is 32.6. The van der Waals surface area contributed by atoms with Gasteiger partial charge in [0.2, 0.25) is 0 Å². The van der Waals surface area contributed by atoms with Crippen LogP contribution in [-0.2, 0) is 13.1 Å². The third-order valence-corrected chi connectivity index (χ3v) is 10.9. The second-order valence-corrected chi connectivity index (χ2v) is 15.5. The summed E-state index contributed by atoms with van der Waals surface area (Å²) in [5.41, 5.74) is 2.69. The summed E-state index contributed by atoms with van der Waals surface area (Å²) in [6, 6.07) is 9.03. The zero-order valence-electron chi connectivity index (χ0n) is 32.6. The molecule has 278 valence electrons. The van der Waals surface area contributed by atoms with Gasteiger partial charge in [-0.15, -0.1) is 0 Å². The molecule has 1 aromatic carbocycles. The van der Waals surface area contributed by atoms with Gasteiger partial charge in [-0.05, 0) is 24.0 Å². The van der Waals surface area contributed by atoms with Crippen molar-refractivity contribution < 1.29 is 4.79 Å². The first-order valence-electron chi connectivity index (χ1n) is 21.9. The van der Waals surface area contributed by atoms with Gasteiger partial charge in [0.1, 0.15) is 0 Å². The lowest BCUT2D eigenvalue weighted by Gasteiger charge is -2.28. The van der Waals surface area contributed by atoms with Gasteiger partial charge in [-0.25, -0.2) is 4.79 Å². The van der Waals surface area contributed by atoms with Crippen LogP contribution in [-0.4, -0.2) is 28.9 Å². The van der Waals surface area contributed by atoms with Gasteiger partial charge in [0.15, 0.2) is 0 Å². The second kappa shape index (κ2) is 31.5. The minimum atomic E-state index is 0.271. The predicted octanol–water partition coefficient (Wildman–Crippen LogP) is 14.9. The number of unbranched alkanes of at least 4 members (excludes halogenated alkanes) is 30. The molecule has 1 aliphatic heterocycles. The maximum atomic E-state index is 13.6. The Morgan fingerprint density at radius 3 is 0.854 bits per heavy atom. The number of carbonyl (C=O) groups excluding carboxylic acids is 1. The fourth-order valence-electron chi connectivity index (χ4n) is 7.66. The first-order valence-corrected chi connectivity index (χ1v) is 21.9. The highest BCUT2D eigenvalue weighted by atomic mass is 16.2. The first kappa shape index (κ1) is 42.7. The van der Waals surface area contributed by atoms with Crippen molar-refractivity contribution >= 4 is 6.03 Å². The molecule has 48 heavy (non-hydrogen) atoms. The Kier molecular flexibility index (Phi) is 28.0. The number of hydrogen-bond donors (Lipinski definition) is 0. The van der Waals surface area contributed by atoms with Gasteiger partial charge in [0.05, 0.1) is 0 Å². The van der Waals surface area contributed by atoms with E-state index in [9.17, 15) is 4.79 Å². The van der Waals surface area contributed by atoms with Crippen LogP contribution in [0.1, 0.15) is 230 Å². The molecule has 0 bridgehead atoms. The molecule has 0 atom stereocenters. The van der Waals surface area contributed by atoms with E-state index >= 15 is 0 Å². The van der Waals surface area contributed by atoms with Crippen LogP contribution in [0.25, 0.3) is 0 Å².